The third-order valence-corrected chi connectivity index (χ3v) is 9.80. The molecule has 0 saturated heterocycles. The molecule has 0 unspecified atom stereocenters. The molecule has 4 aromatic rings. The van der Waals surface area contributed by atoms with Crippen LogP contribution in [0.3, 0.4) is 0 Å². The van der Waals surface area contributed by atoms with Gasteiger partial charge in [-0.05, 0) is 74.6 Å². The molecule has 1 heterocycles. The van der Waals surface area contributed by atoms with Gasteiger partial charge < -0.3 is 20.6 Å². The van der Waals surface area contributed by atoms with E-state index in [1.807, 2.05) is 50.2 Å². The number of carbonyl (C=O) groups excluding carboxylic acids is 3. The number of para-hydroxylation sites is 1. The van der Waals surface area contributed by atoms with Gasteiger partial charge in [0.1, 0.15) is 6.04 Å². The van der Waals surface area contributed by atoms with Crippen molar-refractivity contribution in [1.29, 1.82) is 0 Å². The smallest absolute Gasteiger partial charge is 0.264 e. The summed E-state index contributed by atoms with van der Waals surface area (Å²) < 4.78 is 28.9. The average Bonchev–Trinajstić information content (AvgIpc) is 3.20. The lowest BCUT2D eigenvalue weighted by Crippen LogP contribution is -2.51. The first kappa shape index (κ1) is 35.5. The maximum Gasteiger partial charge on any atom is 0.264 e. The number of fused-ring (bicyclic) bond motifs is 1. The van der Waals surface area contributed by atoms with Gasteiger partial charge in [-0.25, -0.2) is 13.1 Å². The van der Waals surface area contributed by atoms with Gasteiger partial charge in [-0.1, -0.05) is 78.9 Å². The Bertz CT molecular complexity index is 1910. The van der Waals surface area contributed by atoms with Crippen LogP contribution in [0.15, 0.2) is 108 Å². The summed E-state index contributed by atoms with van der Waals surface area (Å²) in [7, 11) is -4.20. The van der Waals surface area contributed by atoms with Crippen molar-refractivity contribution in [2.75, 3.05) is 11.4 Å². The summed E-state index contributed by atoms with van der Waals surface area (Å²) in [6, 6.07) is 28.8. The van der Waals surface area contributed by atoms with Crippen molar-refractivity contribution in [2.45, 2.75) is 69.2 Å². The molecule has 0 saturated carbocycles. The molecule has 1 aliphatic rings. The SMILES string of the molecule is C[C@@H](O)CNC(C)(C)CC(=O)N[C@@H]1CCc2ccccc2N(Cc2ccc(-c3ccccc3S(=O)(=O)NC(=O)c3ccccc3)cc2)C1=O. The molecule has 3 amide bonds. The molecule has 256 valence electrons. The first-order valence-corrected chi connectivity index (χ1v) is 17.7. The zero-order valence-corrected chi connectivity index (χ0v) is 28.7. The average molecular weight is 683 g/mol. The van der Waals surface area contributed by atoms with Crippen molar-refractivity contribution in [1.82, 2.24) is 15.4 Å². The van der Waals surface area contributed by atoms with Gasteiger partial charge in [-0.2, -0.15) is 0 Å². The minimum absolute atomic E-state index is 0.0357. The van der Waals surface area contributed by atoms with Crippen LogP contribution in [0.2, 0.25) is 0 Å². The number of nitrogens with one attached hydrogen (secondary N) is 3. The van der Waals surface area contributed by atoms with Crippen LogP contribution < -0.4 is 20.3 Å². The topological polar surface area (TPSA) is 145 Å². The lowest BCUT2D eigenvalue weighted by atomic mass is 9.99. The Balaban J connectivity index is 1.35. The van der Waals surface area contributed by atoms with Gasteiger partial charge in [0.25, 0.3) is 15.9 Å². The van der Waals surface area contributed by atoms with E-state index in [-0.39, 0.29) is 35.2 Å². The Kier molecular flexibility index (Phi) is 11.0. The summed E-state index contributed by atoms with van der Waals surface area (Å²) in [5.41, 5.74) is 3.28. The Labute approximate surface area is 287 Å². The van der Waals surface area contributed by atoms with Crippen LogP contribution in [0.4, 0.5) is 5.69 Å². The van der Waals surface area contributed by atoms with Crippen LogP contribution in [0, 0.1) is 0 Å². The fraction of sp³-hybridized carbons (Fsp3) is 0.289. The molecule has 0 aromatic heterocycles. The summed E-state index contributed by atoms with van der Waals surface area (Å²) >= 11 is 0. The summed E-state index contributed by atoms with van der Waals surface area (Å²) in [6.45, 7) is 6.01. The van der Waals surface area contributed by atoms with E-state index in [9.17, 15) is 27.9 Å². The first-order valence-electron chi connectivity index (χ1n) is 16.3. The van der Waals surface area contributed by atoms with Crippen LogP contribution in [0.5, 0.6) is 0 Å². The molecular formula is C38H42N4O6S. The van der Waals surface area contributed by atoms with Gasteiger partial charge in [0.05, 0.1) is 17.5 Å². The van der Waals surface area contributed by atoms with Gasteiger partial charge >= 0.3 is 0 Å². The van der Waals surface area contributed by atoms with E-state index in [1.54, 1.807) is 72.5 Å². The lowest BCUT2D eigenvalue weighted by molar-refractivity contribution is -0.128. The van der Waals surface area contributed by atoms with Crippen molar-refractivity contribution in [3.8, 4) is 11.1 Å². The number of aliphatic hydroxyl groups is 1. The van der Waals surface area contributed by atoms with E-state index in [4.69, 9.17) is 0 Å². The number of hydrogen-bond acceptors (Lipinski definition) is 7. The van der Waals surface area contributed by atoms with Gasteiger partial charge in [0.15, 0.2) is 0 Å². The number of carbonyl (C=O) groups is 3. The van der Waals surface area contributed by atoms with Crippen LogP contribution in [0.1, 0.15) is 55.1 Å². The molecule has 0 aliphatic carbocycles. The number of aliphatic hydroxyl groups excluding tert-OH is 1. The minimum atomic E-state index is -4.20. The zero-order valence-electron chi connectivity index (χ0n) is 27.8. The number of benzene rings is 4. The Hall–Kier alpha value is -4.84. The molecule has 0 spiro atoms. The standard InChI is InChI=1S/C38H42N4O6S/c1-26(43)24-39-38(2,3)23-35(44)40-32-22-21-29-11-7-9-15-33(29)42(37(32)46)25-27-17-19-28(20-18-27)31-14-8-10-16-34(31)49(47,48)41-36(45)30-12-5-4-6-13-30/h4-20,26,32,39,43H,21-25H2,1-3H3,(H,40,44)(H,41,45)/t26-,32-/m1/s1. The maximum atomic E-state index is 14.0. The zero-order chi connectivity index (χ0) is 35.2. The Morgan fingerprint density at radius 2 is 1.57 bits per heavy atom. The highest BCUT2D eigenvalue weighted by Gasteiger charge is 2.33. The summed E-state index contributed by atoms with van der Waals surface area (Å²) in [4.78, 5) is 41.5. The normalized spacial score (nSPS) is 15.6. The van der Waals surface area contributed by atoms with Crippen molar-refractivity contribution in [3.05, 3.63) is 120 Å². The number of hydrogen-bond donors (Lipinski definition) is 4. The number of amides is 3. The highest BCUT2D eigenvalue weighted by Crippen LogP contribution is 2.31. The van der Waals surface area contributed by atoms with E-state index >= 15 is 0 Å². The molecule has 11 heteroatoms. The third-order valence-electron chi connectivity index (χ3n) is 8.41. The highest BCUT2D eigenvalue weighted by molar-refractivity contribution is 7.90. The predicted molar refractivity (Wildman–Crippen MR) is 189 cm³/mol. The minimum Gasteiger partial charge on any atom is -0.392 e. The second-order valence-electron chi connectivity index (χ2n) is 13.0. The van der Waals surface area contributed by atoms with Crippen molar-refractivity contribution in [2.24, 2.45) is 0 Å². The fourth-order valence-electron chi connectivity index (χ4n) is 5.88. The van der Waals surface area contributed by atoms with E-state index in [0.717, 1.165) is 16.8 Å². The number of rotatable bonds is 12. The summed E-state index contributed by atoms with van der Waals surface area (Å²) in [6.07, 6.45) is 0.635. The Morgan fingerprint density at radius 1 is 0.918 bits per heavy atom. The molecule has 0 radical (unpaired) electrons. The molecule has 10 nitrogen and oxygen atoms in total. The first-order chi connectivity index (χ1) is 23.3. The van der Waals surface area contributed by atoms with Gasteiger partial charge in [0.2, 0.25) is 11.8 Å². The second kappa shape index (κ2) is 15.1. The Morgan fingerprint density at radius 3 is 2.29 bits per heavy atom. The molecule has 4 aromatic carbocycles. The van der Waals surface area contributed by atoms with Crippen molar-refractivity contribution in [3.63, 3.8) is 0 Å². The number of β-amino-alcohol motifs (C(OH)–C–C–N with tert-alkyl or cyclic N) is 1. The monoisotopic (exact) mass is 682 g/mol. The van der Waals surface area contributed by atoms with Crippen molar-refractivity contribution >= 4 is 33.4 Å². The second-order valence-corrected chi connectivity index (χ2v) is 14.6. The summed E-state index contributed by atoms with van der Waals surface area (Å²) in [5.74, 6) is -1.20. The lowest BCUT2D eigenvalue weighted by Gasteiger charge is -2.29. The van der Waals surface area contributed by atoms with Gasteiger partial charge in [0, 0.05) is 35.3 Å². The molecule has 4 N–H and O–H groups in total. The highest BCUT2D eigenvalue weighted by atomic mass is 32.2. The van der Waals surface area contributed by atoms with Crippen LogP contribution >= 0.6 is 0 Å². The number of anilines is 1. The molecular weight excluding hydrogens is 641 g/mol. The van der Waals surface area contributed by atoms with E-state index in [2.05, 4.69) is 15.4 Å². The van der Waals surface area contributed by atoms with E-state index < -0.39 is 33.6 Å². The third kappa shape index (κ3) is 9.00. The molecule has 0 bridgehead atoms. The molecule has 0 fully saturated rings. The molecule has 49 heavy (non-hydrogen) atoms. The molecule has 5 rings (SSSR count). The number of sulfonamides is 1. The summed E-state index contributed by atoms with van der Waals surface area (Å²) in [5, 5.41) is 15.8. The molecule has 2 atom stereocenters. The van der Waals surface area contributed by atoms with Crippen molar-refractivity contribution < 1.29 is 27.9 Å². The van der Waals surface area contributed by atoms with Gasteiger partial charge in [-0.15, -0.1) is 0 Å². The van der Waals surface area contributed by atoms with Crippen LogP contribution in [-0.2, 0) is 32.6 Å². The molecule has 1 aliphatic heterocycles. The largest absolute Gasteiger partial charge is 0.392 e. The quantitative estimate of drug-likeness (QED) is 0.171. The van der Waals surface area contributed by atoms with E-state index in [1.165, 1.54) is 6.07 Å². The maximum absolute atomic E-state index is 14.0. The number of aryl methyl sites for hydroxylation is 1. The predicted octanol–water partition coefficient (Wildman–Crippen LogP) is 4.58. The van der Waals surface area contributed by atoms with Crippen LogP contribution in [-0.4, -0.2) is 55.5 Å². The van der Waals surface area contributed by atoms with E-state index in [0.29, 0.717) is 30.5 Å². The fourth-order valence-corrected chi connectivity index (χ4v) is 7.09. The van der Waals surface area contributed by atoms with Crippen LogP contribution in [0.25, 0.3) is 11.1 Å². The number of nitrogens with zero attached hydrogens (tertiary/aromatic N) is 1. The van der Waals surface area contributed by atoms with Gasteiger partial charge in [-0.3, -0.25) is 14.4 Å².